The Morgan fingerprint density at radius 2 is 1.04 bits per heavy atom. The maximum Gasteiger partial charge on any atom is 0.416 e. The minimum Gasteiger partial charge on any atom is -0.493 e. The fraction of sp³-hybridized carbons (Fsp3) is 0.519. The summed E-state index contributed by atoms with van der Waals surface area (Å²) >= 11 is 0. The third-order valence-corrected chi connectivity index (χ3v) is 21.0. The summed E-state index contributed by atoms with van der Waals surface area (Å²) in [4.78, 5) is 113. The SMILES string of the molecule is COc1cc2c(cc1OCCCCCOc1cc3c(cc1OC)C(=O)N1CC4(CC4)C[C@H]1[C@H](O)N3C(=O)OCc1ccc(O[C@@H]3O[C@H](C(=O)O)[C@@H](O)[C@H](O)[C@H]3O)c(NC(=O)CCOCCOCCOCCOCCN)c1)N(C(=O)OCc1ccc(O[C@@H]3O[C@H](C(=O)O)[C@@H](O)[C@H](O)[C@H]3O)c([N+](=O)[O-])c1)[C@@H](O)[C@@H]1Cc3ccccc3CN1C2=O. The largest absolute Gasteiger partial charge is 0.493 e. The molecule has 0 aromatic heterocycles. The van der Waals surface area contributed by atoms with Gasteiger partial charge in [-0.15, -0.1) is 0 Å². The van der Waals surface area contributed by atoms with Gasteiger partial charge in [-0.3, -0.25) is 24.5 Å². The second-order valence-electron chi connectivity index (χ2n) is 28.8. The van der Waals surface area contributed by atoms with Crippen LogP contribution in [0, 0.1) is 15.5 Å². The van der Waals surface area contributed by atoms with Gasteiger partial charge in [0, 0.05) is 37.8 Å². The number of aliphatic hydroxyl groups is 8. The van der Waals surface area contributed by atoms with Crippen LogP contribution in [0.15, 0.2) is 84.9 Å². The van der Waals surface area contributed by atoms with Gasteiger partial charge in [0.1, 0.15) is 55.6 Å². The summed E-state index contributed by atoms with van der Waals surface area (Å²) in [5.41, 5.74) is 5.69. The molecule has 3 saturated heterocycles. The molecule has 40 nitrogen and oxygen atoms in total. The number of carboxylic acids is 2. The first-order valence-corrected chi connectivity index (χ1v) is 37.8. The van der Waals surface area contributed by atoms with E-state index in [0.29, 0.717) is 65.2 Å². The van der Waals surface area contributed by atoms with E-state index in [-0.39, 0.29) is 133 Å². The van der Waals surface area contributed by atoms with E-state index in [4.69, 9.17) is 72.0 Å². The number of nitro groups is 1. The van der Waals surface area contributed by atoms with Crippen molar-refractivity contribution in [1.29, 1.82) is 0 Å². The van der Waals surface area contributed by atoms with Gasteiger partial charge in [0.05, 0.1) is 132 Å². The molecule has 12 rings (SSSR count). The van der Waals surface area contributed by atoms with Crippen molar-refractivity contribution in [2.45, 2.75) is 157 Å². The lowest BCUT2D eigenvalue weighted by molar-refractivity contribution is -0.387. The second-order valence-corrected chi connectivity index (χ2v) is 28.8. The quantitative estimate of drug-likeness (QED) is 0.0154. The highest BCUT2D eigenvalue weighted by Crippen LogP contribution is 2.57. The molecule has 0 bridgehead atoms. The Balaban J connectivity index is 0.715. The number of nitrogens with two attached hydrogens (primary N) is 1. The van der Waals surface area contributed by atoms with E-state index in [0.717, 1.165) is 45.9 Å². The number of carbonyl (C=O) groups is 7. The van der Waals surface area contributed by atoms with Crippen molar-refractivity contribution in [3.05, 3.63) is 128 Å². The van der Waals surface area contributed by atoms with Gasteiger partial charge >= 0.3 is 29.8 Å². The second kappa shape index (κ2) is 38.3. The molecule has 0 radical (unpaired) electrons. The number of ether oxygens (including phenoxy) is 14. The molecular formula is C77H93N7O33. The van der Waals surface area contributed by atoms with E-state index in [1.54, 1.807) is 12.1 Å². The van der Waals surface area contributed by atoms with E-state index in [1.165, 1.54) is 72.6 Å². The molecule has 0 unspecified atom stereocenters. The van der Waals surface area contributed by atoms with Gasteiger partial charge in [0.2, 0.25) is 18.5 Å². The summed E-state index contributed by atoms with van der Waals surface area (Å²) < 4.78 is 79.5. The van der Waals surface area contributed by atoms with Crippen molar-refractivity contribution in [1.82, 2.24) is 9.80 Å². The summed E-state index contributed by atoms with van der Waals surface area (Å²) in [7, 11) is 2.70. The minimum atomic E-state index is -2.08. The number of methoxy groups -OCH3 is 2. The van der Waals surface area contributed by atoms with Crippen LogP contribution < -0.4 is 49.3 Å². The predicted octanol–water partition coefficient (Wildman–Crippen LogP) is 1.65. The van der Waals surface area contributed by atoms with E-state index < -0.39 is 157 Å². The molecule has 5 aromatic rings. The Labute approximate surface area is 667 Å². The van der Waals surface area contributed by atoms with Gasteiger partial charge in [-0.25, -0.2) is 29.0 Å². The van der Waals surface area contributed by atoms with E-state index >= 15 is 0 Å². The molecule has 6 aliphatic heterocycles. The number of hydrogen-bond acceptors (Lipinski definition) is 32. The summed E-state index contributed by atoms with van der Waals surface area (Å²) in [5, 5.41) is 122. The maximum absolute atomic E-state index is 14.8. The molecule has 6 heterocycles. The average Bonchev–Trinajstić information content (AvgIpc) is 1.57. The number of fused-ring (bicyclic) bond motifs is 5. The zero-order valence-electron chi connectivity index (χ0n) is 63.6. The number of unbranched alkanes of at least 4 members (excludes halogenated alkanes) is 2. The number of rotatable bonds is 36. The number of aliphatic carboxylic acids is 2. The number of anilines is 3. The molecule has 40 heteroatoms. The normalized spacial score (nSPS) is 24.8. The van der Waals surface area contributed by atoms with E-state index in [1.807, 2.05) is 12.1 Å². The number of nitrogens with zero attached hydrogens (tertiary/aromatic N) is 5. The lowest BCUT2D eigenvalue weighted by Crippen LogP contribution is -2.61. The van der Waals surface area contributed by atoms with Crippen LogP contribution in [0.25, 0.3) is 0 Å². The number of benzene rings is 5. The van der Waals surface area contributed by atoms with Gasteiger partial charge in [-0.1, -0.05) is 36.4 Å². The van der Waals surface area contributed by atoms with Gasteiger partial charge < -0.3 is 138 Å². The number of nitrogens with one attached hydrogen (secondary N) is 1. The lowest BCUT2D eigenvalue weighted by Gasteiger charge is -2.39. The van der Waals surface area contributed by atoms with E-state index in [2.05, 4.69) is 5.32 Å². The summed E-state index contributed by atoms with van der Waals surface area (Å²) in [6, 6.07) is 18.1. The van der Waals surface area contributed by atoms with E-state index in [9.17, 15) is 94.7 Å². The van der Waals surface area contributed by atoms with Crippen LogP contribution in [0.5, 0.6) is 34.5 Å². The van der Waals surface area contributed by atoms with Crippen LogP contribution in [0.3, 0.4) is 0 Å². The van der Waals surface area contributed by atoms with Crippen molar-refractivity contribution in [2.24, 2.45) is 11.1 Å². The maximum atomic E-state index is 14.8. The zero-order chi connectivity index (χ0) is 83.5. The molecule has 13 N–H and O–H groups in total. The standard InChI is InChI=1S/C77H93N7O33/c1-104-54-31-44-47(82(69(94)50-30-42-8-4-5-9-43(42)36-80(50)67(44)92)75(100)113-38-41-11-13-53(49(29-41)84(102)103)115-74-64(91)60(87)62(89)66(117-74)72(98)99)33-56(54)110-18-6-3-7-19-111-57-34-48-45(32-55(57)105-2)68(93)81-39-77(15-16-77)35-51(81)70(95)83(48)76(101)112-37-40-10-12-52(114-73-63(90)59(86)61(88)65(116-73)71(96)97)46(28-40)79-58(85)14-20-106-22-24-108-26-27-109-25-23-107-21-17-78/h4-5,8-13,28-29,31-34,50-51,59-66,69-70,73-74,86-91,94-95H,3,6-7,14-27,30,35-39,78H2,1-2H3,(H,79,85)(H,96,97)(H,98,99)/t50-,51-,59-,60-,61-,62-,63+,64+,65-,66-,69-,70-,73+,74+/m0/s1. The third kappa shape index (κ3) is 19.6. The number of carbonyl (C=O) groups excluding carboxylic acids is 5. The fourth-order valence-electron chi connectivity index (χ4n) is 14.6. The zero-order valence-corrected chi connectivity index (χ0v) is 63.6. The van der Waals surface area contributed by atoms with Crippen LogP contribution in [0.1, 0.15) is 87.9 Å². The molecule has 4 fully saturated rings. The molecule has 14 atom stereocenters. The molecule has 117 heavy (non-hydrogen) atoms. The third-order valence-electron chi connectivity index (χ3n) is 21.0. The van der Waals surface area contributed by atoms with Gasteiger partial charge in [-0.05, 0) is 103 Å². The topological polar surface area (TPSA) is 545 Å². The first kappa shape index (κ1) is 85.9. The molecule has 634 valence electrons. The highest BCUT2D eigenvalue weighted by Gasteiger charge is 2.59. The van der Waals surface area contributed by atoms with Gasteiger partial charge in [0.25, 0.3) is 11.8 Å². The Kier molecular flexibility index (Phi) is 28.2. The fourth-order valence-corrected chi connectivity index (χ4v) is 14.6. The predicted molar refractivity (Wildman–Crippen MR) is 398 cm³/mol. The summed E-state index contributed by atoms with van der Waals surface area (Å²) in [6.45, 7) is 1.52. The molecule has 1 saturated carbocycles. The summed E-state index contributed by atoms with van der Waals surface area (Å²) in [6.07, 6.45) is -23.1. The molecule has 5 aromatic carbocycles. The minimum absolute atomic E-state index is 0.00311. The molecular weight excluding hydrogens is 1550 g/mol. The van der Waals surface area contributed by atoms with Crippen LogP contribution in [-0.4, -0.2) is 287 Å². The van der Waals surface area contributed by atoms with Crippen molar-refractivity contribution in [3.8, 4) is 34.5 Å². The van der Waals surface area contributed by atoms with Gasteiger partial charge in [-0.2, -0.15) is 0 Å². The number of amides is 5. The Morgan fingerprint density at radius 1 is 0.556 bits per heavy atom. The van der Waals surface area contributed by atoms with Crippen molar-refractivity contribution in [3.63, 3.8) is 0 Å². The number of nitro benzene ring substituents is 1. The summed E-state index contributed by atoms with van der Waals surface area (Å²) in [5.74, 6) is -5.60. The molecule has 1 aliphatic carbocycles. The number of carboxylic acid groups (broad SMARTS) is 2. The monoisotopic (exact) mass is 1640 g/mol. The number of hydrogen-bond donors (Lipinski definition) is 12. The van der Waals surface area contributed by atoms with Crippen LogP contribution in [0.4, 0.5) is 32.3 Å². The smallest absolute Gasteiger partial charge is 0.416 e. The Hall–Kier alpha value is -10.4. The van der Waals surface area contributed by atoms with Crippen molar-refractivity contribution >= 4 is 64.6 Å². The average molecular weight is 1640 g/mol. The van der Waals surface area contributed by atoms with Crippen molar-refractivity contribution in [2.75, 3.05) is 108 Å². The van der Waals surface area contributed by atoms with Crippen LogP contribution in [-0.2, 0) is 78.5 Å². The molecule has 5 amide bonds. The highest BCUT2D eigenvalue weighted by molar-refractivity contribution is 6.07. The van der Waals surface area contributed by atoms with Crippen LogP contribution >= 0.6 is 0 Å². The lowest BCUT2D eigenvalue weighted by atomic mass is 9.93. The first-order valence-electron chi connectivity index (χ1n) is 37.8. The first-order chi connectivity index (χ1) is 56.2. The highest BCUT2D eigenvalue weighted by atomic mass is 16.7. The molecule has 1 spiro atoms. The Bertz CT molecular complexity index is 4420. The van der Waals surface area contributed by atoms with Crippen LogP contribution in [0.2, 0.25) is 0 Å². The van der Waals surface area contributed by atoms with Crippen molar-refractivity contribution < 1.29 is 156 Å². The molecule has 7 aliphatic rings. The van der Waals surface area contributed by atoms with Gasteiger partial charge in [0.15, 0.2) is 53.4 Å². The number of aliphatic hydroxyl groups excluding tert-OH is 8. The Morgan fingerprint density at radius 3 is 1.56 bits per heavy atom.